The van der Waals surface area contributed by atoms with Crippen LogP contribution >= 0.6 is 0 Å². The van der Waals surface area contributed by atoms with Crippen molar-refractivity contribution in [2.75, 3.05) is 13.1 Å². The number of carboxylic acid groups (broad SMARTS) is 1. The fourth-order valence-corrected chi connectivity index (χ4v) is 3.76. The van der Waals surface area contributed by atoms with Crippen LogP contribution in [0.4, 0.5) is 4.39 Å². The van der Waals surface area contributed by atoms with Crippen molar-refractivity contribution in [3.63, 3.8) is 0 Å². The van der Waals surface area contributed by atoms with Crippen molar-refractivity contribution < 1.29 is 14.3 Å². The molecule has 1 heterocycles. The second-order valence-corrected chi connectivity index (χ2v) is 7.45. The number of aliphatic carboxylic acids is 1. The summed E-state index contributed by atoms with van der Waals surface area (Å²) in [6.07, 6.45) is 1.58. The lowest BCUT2D eigenvalue weighted by Gasteiger charge is -2.37. The predicted octanol–water partition coefficient (Wildman–Crippen LogP) is 4.84. The Bertz CT molecular complexity index is 740. The zero-order chi connectivity index (χ0) is 18.7. The molecule has 0 aliphatic carbocycles. The van der Waals surface area contributed by atoms with Crippen molar-refractivity contribution in [3.8, 4) is 0 Å². The van der Waals surface area contributed by atoms with Gasteiger partial charge in [-0.05, 0) is 54.1 Å². The van der Waals surface area contributed by atoms with Crippen LogP contribution in [0.3, 0.4) is 0 Å². The third-order valence-electron chi connectivity index (χ3n) is 5.27. The van der Waals surface area contributed by atoms with E-state index in [0.29, 0.717) is 18.9 Å². The average Bonchev–Trinajstić information content (AvgIpc) is 2.64. The molecule has 0 radical (unpaired) electrons. The molecule has 1 fully saturated rings. The maximum Gasteiger partial charge on any atom is 0.307 e. The SMILES string of the molecule is CC(C)c1ccc(C(c2ccc(F)cc2)N2CCCC(C(=O)O)C2)cc1. The van der Waals surface area contributed by atoms with Gasteiger partial charge in [-0.1, -0.05) is 50.2 Å². The number of carboxylic acids is 1. The fraction of sp³-hybridized carbons (Fsp3) is 0.409. The van der Waals surface area contributed by atoms with Crippen LogP contribution in [0.5, 0.6) is 0 Å². The van der Waals surface area contributed by atoms with Crippen molar-refractivity contribution in [1.82, 2.24) is 4.90 Å². The quantitative estimate of drug-likeness (QED) is 0.835. The van der Waals surface area contributed by atoms with Crippen LogP contribution in [0, 0.1) is 11.7 Å². The van der Waals surface area contributed by atoms with E-state index in [1.807, 2.05) is 0 Å². The Morgan fingerprint density at radius 2 is 1.58 bits per heavy atom. The van der Waals surface area contributed by atoms with Crippen LogP contribution in [0.2, 0.25) is 0 Å². The molecule has 1 aliphatic heterocycles. The van der Waals surface area contributed by atoms with Crippen molar-refractivity contribution in [2.24, 2.45) is 5.92 Å². The molecule has 4 heteroatoms. The van der Waals surface area contributed by atoms with Gasteiger partial charge in [0, 0.05) is 6.54 Å². The summed E-state index contributed by atoms with van der Waals surface area (Å²) in [6.45, 7) is 5.68. The maximum absolute atomic E-state index is 13.4. The largest absolute Gasteiger partial charge is 0.481 e. The van der Waals surface area contributed by atoms with E-state index in [1.54, 1.807) is 12.1 Å². The van der Waals surface area contributed by atoms with E-state index in [2.05, 4.69) is 43.0 Å². The molecule has 0 bridgehead atoms. The number of hydrogen-bond acceptors (Lipinski definition) is 2. The Hall–Kier alpha value is -2.20. The van der Waals surface area contributed by atoms with E-state index in [4.69, 9.17) is 0 Å². The number of halogens is 1. The van der Waals surface area contributed by atoms with Crippen molar-refractivity contribution >= 4 is 5.97 Å². The Morgan fingerprint density at radius 3 is 2.12 bits per heavy atom. The number of hydrogen-bond donors (Lipinski definition) is 1. The van der Waals surface area contributed by atoms with Gasteiger partial charge in [0.1, 0.15) is 5.82 Å². The molecule has 1 aliphatic rings. The molecule has 0 saturated carbocycles. The molecule has 2 unspecified atom stereocenters. The van der Waals surface area contributed by atoms with E-state index in [9.17, 15) is 14.3 Å². The molecule has 138 valence electrons. The topological polar surface area (TPSA) is 40.5 Å². The molecule has 3 rings (SSSR count). The Morgan fingerprint density at radius 1 is 1.04 bits per heavy atom. The standard InChI is InChI=1S/C22H26FNO2/c1-15(2)16-5-7-17(8-6-16)21(18-9-11-20(23)12-10-18)24-13-3-4-19(14-24)22(25)26/h5-12,15,19,21H,3-4,13-14H2,1-2H3,(H,25,26). The highest BCUT2D eigenvalue weighted by Gasteiger charge is 2.31. The van der Waals surface area contributed by atoms with Gasteiger partial charge < -0.3 is 5.11 Å². The lowest BCUT2D eigenvalue weighted by molar-refractivity contribution is -0.143. The predicted molar refractivity (Wildman–Crippen MR) is 101 cm³/mol. The maximum atomic E-state index is 13.4. The van der Waals surface area contributed by atoms with Gasteiger partial charge in [-0.2, -0.15) is 0 Å². The van der Waals surface area contributed by atoms with Crippen LogP contribution in [0.1, 0.15) is 55.3 Å². The Labute approximate surface area is 154 Å². The minimum absolute atomic E-state index is 0.0565. The zero-order valence-corrected chi connectivity index (χ0v) is 15.4. The summed E-state index contributed by atoms with van der Waals surface area (Å²) in [5, 5.41) is 9.44. The summed E-state index contributed by atoms with van der Waals surface area (Å²) >= 11 is 0. The Balaban J connectivity index is 1.96. The van der Waals surface area contributed by atoms with Gasteiger partial charge in [0.2, 0.25) is 0 Å². The molecular weight excluding hydrogens is 329 g/mol. The van der Waals surface area contributed by atoms with Crippen molar-refractivity contribution in [3.05, 3.63) is 71.0 Å². The van der Waals surface area contributed by atoms with Crippen LogP contribution < -0.4 is 0 Å². The zero-order valence-electron chi connectivity index (χ0n) is 15.4. The van der Waals surface area contributed by atoms with Crippen LogP contribution in [0.25, 0.3) is 0 Å². The highest BCUT2D eigenvalue weighted by molar-refractivity contribution is 5.70. The van der Waals surface area contributed by atoms with Gasteiger partial charge in [0.25, 0.3) is 0 Å². The normalized spacial score (nSPS) is 19.5. The number of rotatable bonds is 5. The third-order valence-corrected chi connectivity index (χ3v) is 5.27. The third kappa shape index (κ3) is 4.13. The number of benzene rings is 2. The van der Waals surface area contributed by atoms with Gasteiger partial charge in [-0.25, -0.2) is 4.39 Å². The molecule has 2 aromatic rings. The van der Waals surface area contributed by atoms with Crippen LogP contribution in [-0.4, -0.2) is 29.1 Å². The van der Waals surface area contributed by atoms with E-state index < -0.39 is 5.97 Å². The van der Waals surface area contributed by atoms with Gasteiger partial charge in [0.15, 0.2) is 0 Å². The molecule has 1 N–H and O–H groups in total. The lowest BCUT2D eigenvalue weighted by atomic mass is 9.90. The summed E-state index contributed by atoms with van der Waals surface area (Å²) < 4.78 is 13.4. The molecular formula is C22H26FNO2. The van der Waals surface area contributed by atoms with Gasteiger partial charge in [-0.15, -0.1) is 0 Å². The Kier molecular flexibility index (Phi) is 5.72. The number of carbonyl (C=O) groups is 1. The first-order chi connectivity index (χ1) is 12.5. The summed E-state index contributed by atoms with van der Waals surface area (Å²) in [4.78, 5) is 13.7. The van der Waals surface area contributed by atoms with Crippen molar-refractivity contribution in [2.45, 2.75) is 38.6 Å². The molecule has 0 spiro atoms. The molecule has 1 saturated heterocycles. The van der Waals surface area contributed by atoms with E-state index in [0.717, 1.165) is 24.1 Å². The molecule has 26 heavy (non-hydrogen) atoms. The van der Waals surface area contributed by atoms with Crippen molar-refractivity contribution in [1.29, 1.82) is 0 Å². The average molecular weight is 355 g/mol. The molecule has 2 atom stereocenters. The van der Waals surface area contributed by atoms with Crippen LogP contribution in [0.15, 0.2) is 48.5 Å². The monoisotopic (exact) mass is 355 g/mol. The molecule has 2 aromatic carbocycles. The minimum atomic E-state index is -0.734. The minimum Gasteiger partial charge on any atom is -0.481 e. The number of nitrogens with zero attached hydrogens (tertiary/aromatic N) is 1. The summed E-state index contributed by atoms with van der Waals surface area (Å²) in [6, 6.07) is 15.0. The first-order valence-electron chi connectivity index (χ1n) is 9.28. The fourth-order valence-electron chi connectivity index (χ4n) is 3.76. The smallest absolute Gasteiger partial charge is 0.307 e. The highest BCUT2D eigenvalue weighted by atomic mass is 19.1. The molecule has 0 aromatic heterocycles. The first kappa shape index (κ1) is 18.6. The van der Waals surface area contributed by atoms with Gasteiger partial charge in [-0.3, -0.25) is 9.69 Å². The number of likely N-dealkylation sites (tertiary alicyclic amines) is 1. The molecule has 3 nitrogen and oxygen atoms in total. The highest BCUT2D eigenvalue weighted by Crippen LogP contribution is 2.33. The summed E-state index contributed by atoms with van der Waals surface area (Å²) in [5.74, 6) is -0.881. The van der Waals surface area contributed by atoms with Crippen LogP contribution in [-0.2, 0) is 4.79 Å². The number of piperidine rings is 1. The van der Waals surface area contributed by atoms with Gasteiger partial charge in [0.05, 0.1) is 12.0 Å². The van der Waals surface area contributed by atoms with E-state index in [1.165, 1.54) is 17.7 Å². The second-order valence-electron chi connectivity index (χ2n) is 7.45. The van der Waals surface area contributed by atoms with E-state index >= 15 is 0 Å². The lowest BCUT2D eigenvalue weighted by Crippen LogP contribution is -2.41. The van der Waals surface area contributed by atoms with E-state index in [-0.39, 0.29) is 17.8 Å². The summed E-state index contributed by atoms with van der Waals surface area (Å²) in [7, 11) is 0. The molecule has 0 amide bonds. The summed E-state index contributed by atoms with van der Waals surface area (Å²) in [5.41, 5.74) is 3.38. The second kappa shape index (κ2) is 8.00. The first-order valence-corrected chi connectivity index (χ1v) is 9.28. The van der Waals surface area contributed by atoms with Gasteiger partial charge >= 0.3 is 5.97 Å².